The zero-order valence-electron chi connectivity index (χ0n) is 18.9. The summed E-state index contributed by atoms with van der Waals surface area (Å²) in [6.45, 7) is 0. The third-order valence-electron chi connectivity index (χ3n) is 6.63. The van der Waals surface area contributed by atoms with Crippen molar-refractivity contribution >= 4 is 57.3 Å². The van der Waals surface area contributed by atoms with Gasteiger partial charge in [-0.3, -0.25) is 9.55 Å². The average molecular weight is 466 g/mol. The van der Waals surface area contributed by atoms with Gasteiger partial charge in [0.1, 0.15) is 5.58 Å². The Hall–Kier alpha value is -4.41. The van der Waals surface area contributed by atoms with Crippen LogP contribution >= 0.6 is 0 Å². The molecule has 0 atom stereocenters. The molecule has 0 saturated heterocycles. The summed E-state index contributed by atoms with van der Waals surface area (Å²) in [5.74, 6) is 0. The van der Waals surface area contributed by atoms with E-state index in [-0.39, 0.29) is 0 Å². The third-order valence-corrected chi connectivity index (χ3v) is 9.36. The Morgan fingerprint density at radius 3 is 1.94 bits per heavy atom. The molecule has 0 bridgehead atoms. The van der Waals surface area contributed by atoms with E-state index in [0.717, 1.165) is 38.7 Å². The summed E-state index contributed by atoms with van der Waals surface area (Å²) >= 11 is 0. The molecule has 0 aliphatic rings. The quantitative estimate of drug-likeness (QED) is 0.256. The van der Waals surface area contributed by atoms with Crippen LogP contribution in [0.3, 0.4) is 0 Å². The summed E-state index contributed by atoms with van der Waals surface area (Å²) in [6, 6.07) is 41.0. The summed E-state index contributed by atoms with van der Waals surface area (Å²) in [7, 11) is -1.11. The third kappa shape index (κ3) is 3.22. The Bertz CT molecular complexity index is 1750. The van der Waals surface area contributed by atoms with Gasteiger partial charge >= 0.3 is 0 Å². The van der Waals surface area contributed by atoms with Crippen LogP contribution in [0.2, 0.25) is 0 Å². The average Bonchev–Trinajstić information content (AvgIpc) is 3.45. The van der Waals surface area contributed by atoms with Gasteiger partial charge in [0, 0.05) is 22.7 Å². The molecule has 0 fully saturated rings. The van der Waals surface area contributed by atoms with Gasteiger partial charge < -0.3 is 4.42 Å². The summed E-state index contributed by atoms with van der Waals surface area (Å²) in [5.41, 5.74) is 3.89. The molecule has 4 heteroatoms. The van der Waals surface area contributed by atoms with Gasteiger partial charge in [0.25, 0.3) is 0 Å². The molecule has 3 aromatic heterocycles. The van der Waals surface area contributed by atoms with Crippen LogP contribution < -0.4 is 15.6 Å². The number of furan rings is 1. The molecule has 7 rings (SSSR count). The molecule has 3 heterocycles. The maximum Gasteiger partial charge on any atom is 0.213 e. The van der Waals surface area contributed by atoms with Crippen molar-refractivity contribution in [1.29, 1.82) is 0 Å². The second kappa shape index (κ2) is 8.11. The predicted octanol–water partition coefficient (Wildman–Crippen LogP) is 5.44. The number of aromatic nitrogens is 2. The fourth-order valence-corrected chi connectivity index (χ4v) is 7.63. The first-order chi connectivity index (χ1) is 17.4. The van der Waals surface area contributed by atoms with Crippen LogP contribution in [0, 0.1) is 0 Å². The van der Waals surface area contributed by atoms with E-state index >= 15 is 0 Å². The normalized spacial score (nSPS) is 11.7. The number of hydrogen-bond donors (Lipinski definition) is 0. The number of fused-ring (bicyclic) bond motifs is 5. The van der Waals surface area contributed by atoms with E-state index in [4.69, 9.17) is 4.42 Å². The molecular weight excluding hydrogens is 444 g/mol. The molecule has 0 unspecified atom stereocenters. The Morgan fingerprint density at radius 2 is 1.23 bits per heavy atom. The summed E-state index contributed by atoms with van der Waals surface area (Å²) < 4.78 is 8.57. The van der Waals surface area contributed by atoms with E-state index in [2.05, 4.69) is 113 Å². The molecule has 0 N–H and O–H groups in total. The lowest BCUT2D eigenvalue weighted by molar-refractivity contribution is 0.645. The summed E-state index contributed by atoms with van der Waals surface area (Å²) in [5, 5.41) is 7.54. The van der Waals surface area contributed by atoms with Crippen molar-refractivity contribution in [3.05, 3.63) is 128 Å². The second-order valence-corrected chi connectivity index (χ2v) is 11.1. The lowest BCUT2D eigenvalue weighted by atomic mass is 10.1. The van der Waals surface area contributed by atoms with Crippen molar-refractivity contribution in [2.75, 3.05) is 0 Å². The van der Waals surface area contributed by atoms with Crippen molar-refractivity contribution in [2.45, 2.75) is 0 Å². The minimum absolute atomic E-state index is 0.860. The van der Waals surface area contributed by atoms with Crippen LogP contribution in [0.4, 0.5) is 0 Å². The predicted molar refractivity (Wildman–Crippen MR) is 146 cm³/mol. The lowest BCUT2D eigenvalue weighted by Gasteiger charge is -2.17. The topological polar surface area (TPSA) is 31.0 Å². The Kier molecular flexibility index (Phi) is 4.64. The van der Waals surface area contributed by atoms with Crippen LogP contribution in [-0.4, -0.2) is 18.3 Å². The standard InChI is InChI=1S/C31H21N2OSi/c1-3-9-23(10-4-1)35(24-11-5-2-6-12-24)25-17-15-22(16-18-25)33-28-21-32-20-19-26(28)30-27-13-7-8-14-29(27)34-31(30)33/h1-21H. The Balaban J connectivity index is 1.41. The highest BCUT2D eigenvalue weighted by Crippen LogP contribution is 2.38. The maximum atomic E-state index is 6.38. The van der Waals surface area contributed by atoms with E-state index < -0.39 is 8.80 Å². The molecule has 165 valence electrons. The number of hydrogen-bond acceptors (Lipinski definition) is 2. The summed E-state index contributed by atoms with van der Waals surface area (Å²) in [4.78, 5) is 4.42. The highest BCUT2D eigenvalue weighted by molar-refractivity contribution is 6.95. The first-order valence-electron chi connectivity index (χ1n) is 11.7. The largest absolute Gasteiger partial charge is 0.439 e. The van der Waals surface area contributed by atoms with Gasteiger partial charge in [0.15, 0.2) is 8.80 Å². The van der Waals surface area contributed by atoms with Crippen LogP contribution in [0.1, 0.15) is 0 Å². The first kappa shape index (κ1) is 20.0. The number of pyridine rings is 1. The molecule has 3 nitrogen and oxygen atoms in total. The Labute approximate surface area is 204 Å². The zero-order valence-corrected chi connectivity index (χ0v) is 19.9. The molecule has 0 spiro atoms. The number of para-hydroxylation sites is 1. The molecule has 0 aliphatic carbocycles. The molecular formula is C31H21N2OSi. The van der Waals surface area contributed by atoms with Gasteiger partial charge in [-0.2, -0.15) is 0 Å². The van der Waals surface area contributed by atoms with Gasteiger partial charge in [0.2, 0.25) is 5.71 Å². The number of benzene rings is 4. The fourth-order valence-electron chi connectivity index (χ4n) is 5.08. The highest BCUT2D eigenvalue weighted by Gasteiger charge is 2.21. The molecule has 0 aliphatic heterocycles. The van der Waals surface area contributed by atoms with Crippen LogP contribution in [0.25, 0.3) is 38.7 Å². The molecule has 7 aromatic rings. The molecule has 0 saturated carbocycles. The Morgan fingerprint density at radius 1 is 0.600 bits per heavy atom. The first-order valence-corrected chi connectivity index (χ1v) is 13.2. The smallest absolute Gasteiger partial charge is 0.213 e. The van der Waals surface area contributed by atoms with Crippen molar-refractivity contribution < 1.29 is 4.42 Å². The molecule has 35 heavy (non-hydrogen) atoms. The van der Waals surface area contributed by atoms with Crippen LogP contribution in [0.15, 0.2) is 132 Å². The van der Waals surface area contributed by atoms with Gasteiger partial charge in [-0.25, -0.2) is 0 Å². The highest BCUT2D eigenvalue weighted by atomic mass is 28.3. The van der Waals surface area contributed by atoms with E-state index in [1.165, 1.54) is 15.6 Å². The maximum absolute atomic E-state index is 6.38. The zero-order chi connectivity index (χ0) is 23.2. The fraction of sp³-hybridized carbons (Fsp3) is 0. The number of nitrogens with zero attached hydrogens (tertiary/aromatic N) is 2. The minimum Gasteiger partial charge on any atom is -0.439 e. The monoisotopic (exact) mass is 465 g/mol. The van der Waals surface area contributed by atoms with Gasteiger partial charge in [0.05, 0.1) is 17.1 Å². The van der Waals surface area contributed by atoms with Crippen molar-refractivity contribution in [1.82, 2.24) is 9.55 Å². The number of rotatable bonds is 4. The van der Waals surface area contributed by atoms with Crippen molar-refractivity contribution in [3.8, 4) is 5.69 Å². The van der Waals surface area contributed by atoms with Crippen LogP contribution in [-0.2, 0) is 0 Å². The minimum atomic E-state index is -1.11. The second-order valence-electron chi connectivity index (χ2n) is 8.66. The van der Waals surface area contributed by atoms with Crippen molar-refractivity contribution in [2.24, 2.45) is 0 Å². The SMILES string of the molecule is c1ccc([Si](c2ccccc2)c2ccc(-n3c4cnccc4c4c5ccccc5oc43)cc2)cc1. The van der Waals surface area contributed by atoms with Crippen LogP contribution in [0.5, 0.6) is 0 Å². The molecule has 0 amide bonds. The lowest BCUT2D eigenvalue weighted by Crippen LogP contribution is -2.51. The van der Waals surface area contributed by atoms with Gasteiger partial charge in [-0.1, -0.05) is 107 Å². The summed E-state index contributed by atoms with van der Waals surface area (Å²) in [6.07, 6.45) is 3.78. The van der Waals surface area contributed by atoms with E-state index in [1.807, 2.05) is 24.5 Å². The van der Waals surface area contributed by atoms with Gasteiger partial charge in [-0.15, -0.1) is 0 Å². The van der Waals surface area contributed by atoms with E-state index in [0.29, 0.717) is 0 Å². The van der Waals surface area contributed by atoms with Crippen molar-refractivity contribution in [3.63, 3.8) is 0 Å². The molecule has 1 radical (unpaired) electrons. The van der Waals surface area contributed by atoms with Gasteiger partial charge in [-0.05, 0) is 24.3 Å². The van der Waals surface area contributed by atoms with E-state index in [9.17, 15) is 0 Å². The van der Waals surface area contributed by atoms with E-state index in [1.54, 1.807) is 0 Å². The molecule has 4 aromatic carbocycles.